The average Bonchev–Trinajstić information content (AvgIpc) is 3.26. The van der Waals surface area contributed by atoms with E-state index in [1.165, 1.54) is 17.6 Å². The van der Waals surface area contributed by atoms with Crippen molar-refractivity contribution in [3.05, 3.63) is 47.2 Å². The van der Waals surface area contributed by atoms with Crippen LogP contribution in [-0.4, -0.2) is 46.1 Å². The molecule has 9 heteroatoms. The monoisotopic (exact) mass is 409 g/mol. The highest BCUT2D eigenvalue weighted by Gasteiger charge is 2.23. The van der Waals surface area contributed by atoms with Crippen molar-refractivity contribution in [2.24, 2.45) is 5.92 Å². The van der Waals surface area contributed by atoms with Crippen molar-refractivity contribution in [3.8, 4) is 5.75 Å². The molecule has 1 aliphatic rings. The molecule has 0 bridgehead atoms. The largest absolute Gasteiger partial charge is 0.493 e. The molecule has 1 saturated heterocycles. The quantitative estimate of drug-likeness (QED) is 0.574. The van der Waals surface area contributed by atoms with Crippen molar-refractivity contribution in [1.82, 2.24) is 20.2 Å². The molecule has 4 rings (SSSR count). The van der Waals surface area contributed by atoms with Gasteiger partial charge in [0.05, 0.1) is 12.8 Å². The lowest BCUT2D eigenvalue weighted by Gasteiger charge is -2.33. The third-order valence-corrected chi connectivity index (χ3v) is 5.53. The van der Waals surface area contributed by atoms with Crippen molar-refractivity contribution in [1.29, 1.82) is 5.41 Å². The van der Waals surface area contributed by atoms with E-state index in [4.69, 9.17) is 15.1 Å². The minimum Gasteiger partial charge on any atom is -0.493 e. The Morgan fingerprint density at radius 2 is 2.28 bits per heavy atom. The second-order valence-electron chi connectivity index (χ2n) is 7.01. The Morgan fingerprint density at radius 1 is 1.38 bits per heavy atom. The number of nitrogens with one attached hydrogen (secondary N) is 2. The molecule has 29 heavy (non-hydrogen) atoms. The molecule has 150 valence electrons. The smallest absolute Gasteiger partial charge is 0.211 e. The van der Waals surface area contributed by atoms with Crippen molar-refractivity contribution in [2.75, 3.05) is 29.9 Å². The van der Waals surface area contributed by atoms with Crippen molar-refractivity contribution in [3.63, 3.8) is 0 Å². The standard InChI is InChI=1S/C20H23N7OS/c1-14-5-2-3-7-17(14)28-12-15-6-4-8-27(11-15)18-10-22-16(9-21)19(24-18)25-20-26-23-13-29-20/h2-3,5,7,9-10,13,15,21H,4,6,8,11-12H2,1H3,(H,24,25,26). The Bertz CT molecular complexity index is 963. The highest BCUT2D eigenvalue weighted by molar-refractivity contribution is 7.13. The Labute approximate surface area is 173 Å². The van der Waals surface area contributed by atoms with Gasteiger partial charge in [0.15, 0.2) is 5.82 Å². The van der Waals surface area contributed by atoms with Gasteiger partial charge in [-0.1, -0.05) is 29.5 Å². The number of para-hydroxylation sites is 1. The summed E-state index contributed by atoms with van der Waals surface area (Å²) in [6.07, 6.45) is 5.13. The van der Waals surface area contributed by atoms with Crippen LogP contribution in [0.4, 0.5) is 16.8 Å². The Morgan fingerprint density at radius 3 is 3.07 bits per heavy atom. The van der Waals surface area contributed by atoms with Crippen LogP contribution in [0.15, 0.2) is 36.0 Å². The van der Waals surface area contributed by atoms with Crippen LogP contribution in [0.5, 0.6) is 5.75 Å². The number of hydrogen-bond donors (Lipinski definition) is 2. The van der Waals surface area contributed by atoms with E-state index in [9.17, 15) is 0 Å². The molecule has 0 aliphatic carbocycles. The van der Waals surface area contributed by atoms with Gasteiger partial charge in [0.25, 0.3) is 0 Å². The van der Waals surface area contributed by atoms with Gasteiger partial charge in [-0.3, -0.25) is 0 Å². The maximum absolute atomic E-state index is 7.58. The van der Waals surface area contributed by atoms with Gasteiger partial charge in [0.2, 0.25) is 5.13 Å². The van der Waals surface area contributed by atoms with Gasteiger partial charge in [0, 0.05) is 25.2 Å². The molecule has 1 aromatic carbocycles. The van der Waals surface area contributed by atoms with Gasteiger partial charge in [-0.15, -0.1) is 10.2 Å². The van der Waals surface area contributed by atoms with Crippen molar-refractivity contribution >= 4 is 34.3 Å². The number of anilines is 3. The zero-order valence-corrected chi connectivity index (χ0v) is 17.0. The SMILES string of the molecule is Cc1ccccc1OCC1CCCN(c2cnc(C=N)c(Nc3nncs3)n2)C1. The number of nitrogens with zero attached hydrogens (tertiary/aromatic N) is 5. The lowest BCUT2D eigenvalue weighted by molar-refractivity contribution is 0.227. The molecule has 1 atom stereocenters. The van der Waals surface area contributed by atoms with Gasteiger partial charge < -0.3 is 20.4 Å². The fourth-order valence-electron chi connectivity index (χ4n) is 3.40. The molecule has 0 amide bonds. The van der Waals surface area contributed by atoms with E-state index in [1.807, 2.05) is 18.2 Å². The first-order chi connectivity index (χ1) is 14.2. The fraction of sp³-hybridized carbons (Fsp3) is 0.350. The summed E-state index contributed by atoms with van der Waals surface area (Å²) in [5.74, 6) is 2.69. The maximum Gasteiger partial charge on any atom is 0.211 e. The summed E-state index contributed by atoms with van der Waals surface area (Å²) in [7, 11) is 0. The summed E-state index contributed by atoms with van der Waals surface area (Å²) >= 11 is 1.38. The fourth-order valence-corrected chi connectivity index (χ4v) is 3.85. The van der Waals surface area contributed by atoms with E-state index >= 15 is 0 Å². The van der Waals surface area contributed by atoms with Crippen LogP contribution in [0.3, 0.4) is 0 Å². The number of piperidine rings is 1. The summed E-state index contributed by atoms with van der Waals surface area (Å²) in [6, 6.07) is 8.11. The first-order valence-electron chi connectivity index (χ1n) is 9.57. The molecule has 1 fully saturated rings. The lowest BCUT2D eigenvalue weighted by atomic mass is 9.99. The number of hydrogen-bond acceptors (Lipinski definition) is 9. The Kier molecular flexibility index (Phi) is 5.95. The molecule has 0 radical (unpaired) electrons. The highest BCUT2D eigenvalue weighted by Crippen LogP contribution is 2.26. The molecular weight excluding hydrogens is 386 g/mol. The number of benzene rings is 1. The summed E-state index contributed by atoms with van der Waals surface area (Å²) in [6.45, 7) is 4.54. The summed E-state index contributed by atoms with van der Waals surface area (Å²) in [4.78, 5) is 11.3. The number of rotatable bonds is 7. The predicted octanol–water partition coefficient (Wildman–Crippen LogP) is 3.67. The first-order valence-corrected chi connectivity index (χ1v) is 10.4. The third kappa shape index (κ3) is 4.68. The maximum atomic E-state index is 7.58. The van der Waals surface area contributed by atoms with Crippen LogP contribution in [0.1, 0.15) is 24.1 Å². The predicted molar refractivity (Wildman–Crippen MR) is 115 cm³/mol. The summed E-state index contributed by atoms with van der Waals surface area (Å²) < 4.78 is 6.07. The van der Waals surface area contributed by atoms with Gasteiger partial charge >= 0.3 is 0 Å². The number of aryl methyl sites for hydroxylation is 1. The highest BCUT2D eigenvalue weighted by atomic mass is 32.1. The minimum absolute atomic E-state index is 0.423. The zero-order valence-electron chi connectivity index (χ0n) is 16.2. The normalized spacial score (nSPS) is 16.4. The molecule has 2 N–H and O–H groups in total. The van der Waals surface area contributed by atoms with Crippen LogP contribution < -0.4 is 15.0 Å². The second kappa shape index (κ2) is 8.95. The van der Waals surface area contributed by atoms with Crippen LogP contribution in [-0.2, 0) is 0 Å². The van der Waals surface area contributed by atoms with E-state index in [0.29, 0.717) is 29.2 Å². The average molecular weight is 410 g/mol. The molecule has 8 nitrogen and oxygen atoms in total. The topological polar surface area (TPSA) is 99.9 Å². The van der Waals surface area contributed by atoms with Crippen LogP contribution in [0.2, 0.25) is 0 Å². The third-order valence-electron chi connectivity index (χ3n) is 4.92. The van der Waals surface area contributed by atoms with Crippen molar-refractivity contribution in [2.45, 2.75) is 19.8 Å². The number of ether oxygens (including phenoxy) is 1. The molecule has 1 unspecified atom stereocenters. The van der Waals surface area contributed by atoms with E-state index < -0.39 is 0 Å². The Balaban J connectivity index is 1.45. The van der Waals surface area contributed by atoms with E-state index in [0.717, 1.165) is 43.1 Å². The molecule has 0 spiro atoms. The van der Waals surface area contributed by atoms with Gasteiger partial charge in [0.1, 0.15) is 22.8 Å². The van der Waals surface area contributed by atoms with Crippen molar-refractivity contribution < 1.29 is 4.74 Å². The summed E-state index contributed by atoms with van der Waals surface area (Å²) in [5.41, 5.74) is 3.27. The van der Waals surface area contributed by atoms with Gasteiger partial charge in [-0.25, -0.2) is 9.97 Å². The molecule has 2 aromatic heterocycles. The zero-order chi connectivity index (χ0) is 20.1. The molecule has 3 heterocycles. The van der Waals surface area contributed by atoms with Crippen LogP contribution in [0, 0.1) is 18.3 Å². The van der Waals surface area contributed by atoms with E-state index in [-0.39, 0.29) is 0 Å². The van der Waals surface area contributed by atoms with E-state index in [1.54, 1.807) is 11.7 Å². The van der Waals surface area contributed by atoms with Gasteiger partial charge in [-0.05, 0) is 31.4 Å². The lowest BCUT2D eigenvalue weighted by Crippen LogP contribution is -2.38. The number of aromatic nitrogens is 4. The molecule has 0 saturated carbocycles. The summed E-state index contributed by atoms with van der Waals surface area (Å²) in [5, 5.41) is 19.1. The van der Waals surface area contributed by atoms with Crippen LogP contribution >= 0.6 is 11.3 Å². The second-order valence-corrected chi connectivity index (χ2v) is 7.84. The minimum atomic E-state index is 0.423. The van der Waals surface area contributed by atoms with Gasteiger partial charge in [-0.2, -0.15) is 0 Å². The Hall–Kier alpha value is -3.07. The molecule has 3 aromatic rings. The van der Waals surface area contributed by atoms with E-state index in [2.05, 4.69) is 38.4 Å². The molecule has 1 aliphatic heterocycles. The first kappa shape index (κ1) is 19.3. The van der Waals surface area contributed by atoms with Crippen LogP contribution in [0.25, 0.3) is 0 Å². The molecular formula is C20H23N7OS.